The van der Waals surface area contributed by atoms with Crippen LogP contribution in [0.1, 0.15) is 27.2 Å². The van der Waals surface area contributed by atoms with Gasteiger partial charge in [0, 0.05) is 13.0 Å². The molecule has 2 unspecified atom stereocenters. The lowest BCUT2D eigenvalue weighted by Gasteiger charge is -2.41. The normalized spacial score (nSPS) is 25.3. The Morgan fingerprint density at radius 3 is 2.57 bits per heavy atom. The highest BCUT2D eigenvalue weighted by molar-refractivity contribution is 5.20. The first-order valence-corrected chi connectivity index (χ1v) is 7.44. The van der Waals surface area contributed by atoms with E-state index in [9.17, 15) is 19.0 Å². The molecule has 1 aliphatic rings. The highest BCUT2D eigenvalue weighted by atomic mass is 19.3. The summed E-state index contributed by atoms with van der Waals surface area (Å²) in [7, 11) is 0. The number of nitrogens with zero attached hydrogens (tertiary/aromatic N) is 2. The van der Waals surface area contributed by atoms with E-state index < -0.39 is 36.3 Å². The predicted molar refractivity (Wildman–Crippen MR) is 81.4 cm³/mol. The van der Waals surface area contributed by atoms with Gasteiger partial charge in [0.1, 0.15) is 17.4 Å². The van der Waals surface area contributed by atoms with Gasteiger partial charge in [-0.2, -0.15) is 5.26 Å². The van der Waals surface area contributed by atoms with E-state index in [0.29, 0.717) is 0 Å². The van der Waals surface area contributed by atoms with Gasteiger partial charge in [0.2, 0.25) is 0 Å². The smallest absolute Gasteiger partial charge is 0.296 e. The molecule has 0 aliphatic carbocycles. The molecule has 0 aromatic carbocycles. The zero-order valence-electron chi connectivity index (χ0n) is 13.7. The molecule has 0 aromatic rings. The molecule has 0 aromatic heterocycles. The van der Waals surface area contributed by atoms with Crippen LogP contribution in [0.3, 0.4) is 0 Å². The first-order chi connectivity index (χ1) is 10.5. The van der Waals surface area contributed by atoms with Crippen LogP contribution in [0.25, 0.3) is 0 Å². The molecule has 1 heterocycles. The SMILES string of the molecule is C=C/C=C(/OC1CCN(C(O)[C@H](C)O)CC1(F)F)C(C)(C)C#N. The molecule has 1 saturated heterocycles. The zero-order chi connectivity index (χ0) is 17.8. The van der Waals surface area contributed by atoms with Crippen molar-refractivity contribution < 1.29 is 23.7 Å². The van der Waals surface area contributed by atoms with E-state index in [0.717, 1.165) is 4.90 Å². The third kappa shape index (κ3) is 4.74. The summed E-state index contributed by atoms with van der Waals surface area (Å²) < 4.78 is 34.1. The van der Waals surface area contributed by atoms with Crippen molar-refractivity contribution in [3.8, 4) is 6.07 Å². The molecule has 1 aliphatic heterocycles. The van der Waals surface area contributed by atoms with Crippen LogP contribution in [-0.4, -0.2) is 52.6 Å². The number of piperidine rings is 1. The predicted octanol–water partition coefficient (Wildman–Crippen LogP) is 2.03. The second kappa shape index (κ2) is 7.39. The van der Waals surface area contributed by atoms with Gasteiger partial charge in [0.25, 0.3) is 5.92 Å². The third-order valence-electron chi connectivity index (χ3n) is 3.80. The van der Waals surface area contributed by atoms with Gasteiger partial charge in [-0.05, 0) is 26.8 Å². The fourth-order valence-electron chi connectivity index (χ4n) is 2.33. The molecule has 0 saturated carbocycles. The Morgan fingerprint density at radius 2 is 2.13 bits per heavy atom. The summed E-state index contributed by atoms with van der Waals surface area (Å²) in [6.07, 6.45) is -1.11. The summed E-state index contributed by atoms with van der Waals surface area (Å²) in [5.74, 6) is -3.09. The second-order valence-electron chi connectivity index (χ2n) is 6.28. The summed E-state index contributed by atoms with van der Waals surface area (Å²) in [6.45, 7) is 7.43. The van der Waals surface area contributed by atoms with Crippen LogP contribution in [0, 0.1) is 16.7 Å². The van der Waals surface area contributed by atoms with Gasteiger partial charge < -0.3 is 14.9 Å². The fraction of sp³-hybridized carbons (Fsp3) is 0.688. The van der Waals surface area contributed by atoms with Crippen molar-refractivity contribution in [2.75, 3.05) is 13.1 Å². The number of nitriles is 1. The topological polar surface area (TPSA) is 76.7 Å². The van der Waals surface area contributed by atoms with Crippen molar-refractivity contribution in [1.29, 1.82) is 5.26 Å². The average molecular weight is 330 g/mol. The second-order valence-corrected chi connectivity index (χ2v) is 6.28. The highest BCUT2D eigenvalue weighted by Gasteiger charge is 2.49. The number of likely N-dealkylation sites (tertiary alicyclic amines) is 1. The van der Waals surface area contributed by atoms with Crippen LogP contribution >= 0.6 is 0 Å². The maximum Gasteiger partial charge on any atom is 0.296 e. The Labute approximate surface area is 135 Å². The number of hydrogen-bond acceptors (Lipinski definition) is 5. The number of alkyl halides is 2. The Balaban J connectivity index is 2.89. The van der Waals surface area contributed by atoms with Crippen LogP contribution in [0.2, 0.25) is 0 Å². The largest absolute Gasteiger partial charge is 0.487 e. The van der Waals surface area contributed by atoms with E-state index in [-0.39, 0.29) is 18.7 Å². The van der Waals surface area contributed by atoms with Crippen LogP contribution in [0.5, 0.6) is 0 Å². The highest BCUT2D eigenvalue weighted by Crippen LogP contribution is 2.36. The molecule has 0 radical (unpaired) electrons. The van der Waals surface area contributed by atoms with Crippen LogP contribution < -0.4 is 0 Å². The van der Waals surface area contributed by atoms with Gasteiger partial charge in [0.15, 0.2) is 6.10 Å². The van der Waals surface area contributed by atoms with E-state index >= 15 is 0 Å². The minimum atomic E-state index is -3.22. The number of allylic oxidation sites excluding steroid dienone is 3. The zero-order valence-corrected chi connectivity index (χ0v) is 13.7. The van der Waals surface area contributed by atoms with Gasteiger partial charge >= 0.3 is 0 Å². The number of ether oxygens (including phenoxy) is 1. The molecule has 5 nitrogen and oxygen atoms in total. The standard InChI is InChI=1S/C16H24F2N2O3/c1-5-6-12(15(3,4)9-19)23-13-7-8-20(10-16(13,17)18)14(22)11(2)21/h5-6,11,13-14,21-22H,1,7-8,10H2,2-4H3/b12-6+/t11-,13?,14?/m0/s1. The summed E-state index contributed by atoms with van der Waals surface area (Å²) in [4.78, 5) is 1.12. The molecule has 0 bridgehead atoms. The number of hydrogen-bond donors (Lipinski definition) is 2. The van der Waals surface area contributed by atoms with Gasteiger partial charge in [0.05, 0.1) is 18.7 Å². The van der Waals surface area contributed by atoms with Crippen LogP contribution in [-0.2, 0) is 4.74 Å². The van der Waals surface area contributed by atoms with Crippen molar-refractivity contribution in [1.82, 2.24) is 4.90 Å². The number of aliphatic hydroxyl groups is 2. The van der Waals surface area contributed by atoms with E-state index in [4.69, 9.17) is 10.00 Å². The van der Waals surface area contributed by atoms with Crippen molar-refractivity contribution in [2.24, 2.45) is 5.41 Å². The van der Waals surface area contributed by atoms with Crippen LogP contribution in [0.15, 0.2) is 24.5 Å². The maximum absolute atomic E-state index is 14.3. The maximum atomic E-state index is 14.3. The molecular weight excluding hydrogens is 306 g/mol. The van der Waals surface area contributed by atoms with Crippen molar-refractivity contribution in [3.63, 3.8) is 0 Å². The Bertz CT molecular complexity index is 498. The summed E-state index contributed by atoms with van der Waals surface area (Å²) in [6, 6.07) is 2.02. The molecule has 1 fully saturated rings. The van der Waals surface area contributed by atoms with E-state index in [1.807, 2.05) is 6.07 Å². The monoisotopic (exact) mass is 330 g/mol. The Morgan fingerprint density at radius 1 is 1.52 bits per heavy atom. The molecular formula is C16H24F2N2O3. The third-order valence-corrected chi connectivity index (χ3v) is 3.80. The van der Waals surface area contributed by atoms with Gasteiger partial charge in [-0.15, -0.1) is 0 Å². The van der Waals surface area contributed by atoms with Crippen molar-refractivity contribution >= 4 is 0 Å². The Kier molecular flexibility index (Phi) is 6.28. The molecule has 7 heteroatoms. The van der Waals surface area contributed by atoms with Crippen LogP contribution in [0.4, 0.5) is 8.78 Å². The molecule has 1 rings (SSSR count). The molecule has 0 spiro atoms. The van der Waals surface area contributed by atoms with Gasteiger partial charge in [-0.1, -0.05) is 12.7 Å². The molecule has 2 N–H and O–H groups in total. The Hall–Kier alpha value is -1.49. The molecule has 130 valence electrons. The van der Waals surface area contributed by atoms with Crippen molar-refractivity contribution in [2.45, 2.75) is 51.6 Å². The van der Waals surface area contributed by atoms with Gasteiger partial charge in [-0.3, -0.25) is 4.90 Å². The van der Waals surface area contributed by atoms with Gasteiger partial charge in [-0.25, -0.2) is 8.78 Å². The summed E-state index contributed by atoms with van der Waals surface area (Å²) in [5.41, 5.74) is -1.06. The summed E-state index contributed by atoms with van der Waals surface area (Å²) >= 11 is 0. The minimum absolute atomic E-state index is 0.0349. The quantitative estimate of drug-likeness (QED) is 0.576. The fourth-order valence-corrected chi connectivity index (χ4v) is 2.33. The molecule has 23 heavy (non-hydrogen) atoms. The van der Waals surface area contributed by atoms with E-state index in [2.05, 4.69) is 6.58 Å². The lowest BCUT2D eigenvalue weighted by atomic mass is 9.92. The number of aliphatic hydroxyl groups excluding tert-OH is 2. The number of rotatable bonds is 6. The van der Waals surface area contributed by atoms with Crippen molar-refractivity contribution in [3.05, 3.63) is 24.5 Å². The molecule has 3 atom stereocenters. The molecule has 0 amide bonds. The lowest BCUT2D eigenvalue weighted by Crippen LogP contribution is -2.57. The van der Waals surface area contributed by atoms with E-state index in [1.54, 1.807) is 13.8 Å². The van der Waals surface area contributed by atoms with E-state index in [1.165, 1.54) is 19.1 Å². The summed E-state index contributed by atoms with van der Waals surface area (Å²) in [5, 5.41) is 28.2. The first-order valence-electron chi connectivity index (χ1n) is 7.44. The minimum Gasteiger partial charge on any atom is -0.487 e. The average Bonchev–Trinajstić information content (AvgIpc) is 2.46. The first kappa shape index (κ1) is 19.6. The lowest BCUT2D eigenvalue weighted by molar-refractivity contribution is -0.195. The number of halogens is 2.